The van der Waals surface area contributed by atoms with Crippen molar-refractivity contribution < 1.29 is 4.79 Å². The van der Waals surface area contributed by atoms with Gasteiger partial charge in [0.25, 0.3) is 0 Å². The van der Waals surface area contributed by atoms with E-state index < -0.39 is 0 Å². The average molecular weight is 350 g/mol. The summed E-state index contributed by atoms with van der Waals surface area (Å²) in [5.74, 6) is 1.06. The van der Waals surface area contributed by atoms with Crippen LogP contribution in [0.25, 0.3) is 11.5 Å². The topological polar surface area (TPSA) is 60.7 Å². The highest BCUT2D eigenvalue weighted by Crippen LogP contribution is 2.24. The molecule has 2 aromatic heterocycles. The fourth-order valence-electron chi connectivity index (χ4n) is 2.47. The zero-order valence-corrected chi connectivity index (χ0v) is 14.7. The van der Waals surface area contributed by atoms with E-state index >= 15 is 0 Å². The predicted molar refractivity (Wildman–Crippen MR) is 99.7 cm³/mol. The van der Waals surface area contributed by atoms with E-state index in [0.29, 0.717) is 23.3 Å². The molecule has 0 unspecified atom stereocenters. The molecule has 3 aromatic rings. The molecule has 0 atom stereocenters. The van der Waals surface area contributed by atoms with Crippen LogP contribution in [0.5, 0.6) is 0 Å². The van der Waals surface area contributed by atoms with E-state index in [0.717, 1.165) is 16.8 Å². The molecule has 0 saturated carbocycles. The maximum Gasteiger partial charge on any atom is 0.192 e. The molecule has 0 aliphatic carbocycles. The van der Waals surface area contributed by atoms with Crippen LogP contribution in [0.15, 0.2) is 66.5 Å². The van der Waals surface area contributed by atoms with Crippen LogP contribution in [0.4, 0.5) is 0 Å². The summed E-state index contributed by atoms with van der Waals surface area (Å²) in [6.07, 6.45) is 3.50. The zero-order chi connectivity index (χ0) is 17.6. The molecule has 0 saturated heterocycles. The molecule has 0 aliphatic rings. The van der Waals surface area contributed by atoms with Crippen LogP contribution in [0.2, 0.25) is 0 Å². The van der Waals surface area contributed by atoms with E-state index in [4.69, 9.17) is 0 Å². The van der Waals surface area contributed by atoms with Crippen molar-refractivity contribution in [2.24, 2.45) is 0 Å². The number of hydrogen-bond acceptors (Lipinski definition) is 5. The Morgan fingerprint density at radius 2 is 2.00 bits per heavy atom. The normalized spacial score (nSPS) is 10.6. The SMILES string of the molecule is C=CCn1c(SCC(=O)c2ccccc2C)nnc1-c1ccccn1. The standard InChI is InChI=1S/C19H18N4OS/c1-3-12-23-18(16-10-6-7-11-20-16)21-22-19(23)25-13-17(24)15-9-5-4-8-14(15)2/h3-11H,1,12-13H2,2H3. The molecule has 0 fully saturated rings. The summed E-state index contributed by atoms with van der Waals surface area (Å²) < 4.78 is 1.92. The number of aryl methyl sites for hydroxylation is 1. The molecule has 0 bridgehead atoms. The Labute approximate surface area is 150 Å². The Balaban J connectivity index is 1.81. The van der Waals surface area contributed by atoms with Crippen LogP contribution >= 0.6 is 11.8 Å². The average Bonchev–Trinajstić information content (AvgIpc) is 3.04. The smallest absolute Gasteiger partial charge is 0.192 e. The van der Waals surface area contributed by atoms with Crippen molar-refractivity contribution >= 4 is 17.5 Å². The van der Waals surface area contributed by atoms with Crippen LogP contribution in [-0.4, -0.2) is 31.3 Å². The summed E-state index contributed by atoms with van der Waals surface area (Å²) in [6.45, 7) is 6.29. The lowest BCUT2D eigenvalue weighted by molar-refractivity contribution is 0.102. The quantitative estimate of drug-likeness (QED) is 0.368. The van der Waals surface area contributed by atoms with Gasteiger partial charge in [-0.1, -0.05) is 48.2 Å². The second kappa shape index (κ2) is 7.90. The molecule has 126 valence electrons. The molecule has 0 spiro atoms. The van der Waals surface area contributed by atoms with Gasteiger partial charge in [-0.15, -0.1) is 16.8 Å². The number of thioether (sulfide) groups is 1. The lowest BCUT2D eigenvalue weighted by Crippen LogP contribution is -2.07. The number of nitrogens with zero attached hydrogens (tertiary/aromatic N) is 4. The van der Waals surface area contributed by atoms with Crippen LogP contribution in [-0.2, 0) is 6.54 Å². The first-order valence-corrected chi connectivity index (χ1v) is 8.86. The van der Waals surface area contributed by atoms with E-state index in [2.05, 4.69) is 21.8 Å². The number of pyridine rings is 1. The first kappa shape index (κ1) is 17.1. The molecule has 0 N–H and O–H groups in total. The number of Topliss-reactive ketones (excluding diaryl/α,β-unsaturated/α-hetero) is 1. The molecule has 0 amide bonds. The Morgan fingerprint density at radius 3 is 2.72 bits per heavy atom. The van der Waals surface area contributed by atoms with Gasteiger partial charge in [-0.2, -0.15) is 0 Å². The summed E-state index contributed by atoms with van der Waals surface area (Å²) in [7, 11) is 0. The van der Waals surface area contributed by atoms with E-state index in [1.54, 1.807) is 12.3 Å². The number of carbonyl (C=O) groups excluding carboxylic acids is 1. The van der Waals surface area contributed by atoms with Gasteiger partial charge in [-0.25, -0.2) is 0 Å². The van der Waals surface area contributed by atoms with Gasteiger partial charge >= 0.3 is 0 Å². The van der Waals surface area contributed by atoms with Gasteiger partial charge in [0.05, 0.1) is 5.75 Å². The van der Waals surface area contributed by atoms with Gasteiger partial charge in [0.1, 0.15) is 5.69 Å². The first-order valence-electron chi connectivity index (χ1n) is 7.88. The summed E-state index contributed by atoms with van der Waals surface area (Å²) in [4.78, 5) is 16.8. The molecule has 6 heteroatoms. The van der Waals surface area contributed by atoms with Gasteiger partial charge in [0.2, 0.25) is 0 Å². The lowest BCUT2D eigenvalue weighted by Gasteiger charge is -2.07. The maximum absolute atomic E-state index is 12.5. The fourth-order valence-corrected chi connectivity index (χ4v) is 3.30. The number of ketones is 1. The first-order chi connectivity index (χ1) is 12.2. The minimum absolute atomic E-state index is 0.0793. The summed E-state index contributed by atoms with van der Waals surface area (Å²) in [6, 6.07) is 13.3. The Kier molecular flexibility index (Phi) is 5.40. The Hall–Kier alpha value is -2.73. The summed E-state index contributed by atoms with van der Waals surface area (Å²) in [5.41, 5.74) is 2.47. The molecule has 0 aliphatic heterocycles. The lowest BCUT2D eigenvalue weighted by atomic mass is 10.1. The van der Waals surface area contributed by atoms with E-state index in [1.165, 1.54) is 11.8 Å². The number of carbonyl (C=O) groups is 1. The number of benzene rings is 1. The Bertz CT molecular complexity index is 889. The third-order valence-corrected chi connectivity index (χ3v) is 4.67. The fraction of sp³-hybridized carbons (Fsp3) is 0.158. The van der Waals surface area contributed by atoms with Crippen molar-refractivity contribution in [3.63, 3.8) is 0 Å². The maximum atomic E-state index is 12.5. The predicted octanol–water partition coefficient (Wildman–Crippen LogP) is 3.81. The van der Waals surface area contributed by atoms with E-state index in [1.807, 2.05) is 54.0 Å². The molecule has 1 aromatic carbocycles. The van der Waals surface area contributed by atoms with Crippen molar-refractivity contribution in [3.05, 3.63) is 72.4 Å². The highest BCUT2D eigenvalue weighted by molar-refractivity contribution is 7.99. The van der Waals surface area contributed by atoms with Crippen LogP contribution in [0, 0.1) is 6.92 Å². The summed E-state index contributed by atoms with van der Waals surface area (Å²) >= 11 is 1.38. The van der Waals surface area contributed by atoms with Crippen molar-refractivity contribution in [2.75, 3.05) is 5.75 Å². The van der Waals surface area contributed by atoms with Crippen molar-refractivity contribution in [1.29, 1.82) is 0 Å². The largest absolute Gasteiger partial charge is 0.297 e. The minimum atomic E-state index is 0.0793. The monoisotopic (exact) mass is 350 g/mol. The van der Waals surface area contributed by atoms with E-state index in [9.17, 15) is 4.79 Å². The van der Waals surface area contributed by atoms with Gasteiger partial charge in [-0.3, -0.25) is 14.3 Å². The number of allylic oxidation sites excluding steroid dienone is 1. The van der Waals surface area contributed by atoms with Crippen molar-refractivity contribution in [2.45, 2.75) is 18.6 Å². The molecular weight excluding hydrogens is 332 g/mol. The number of aromatic nitrogens is 4. The van der Waals surface area contributed by atoms with Gasteiger partial charge in [-0.05, 0) is 24.6 Å². The molecule has 2 heterocycles. The van der Waals surface area contributed by atoms with Crippen LogP contribution < -0.4 is 0 Å². The van der Waals surface area contributed by atoms with Gasteiger partial charge in [0.15, 0.2) is 16.8 Å². The highest BCUT2D eigenvalue weighted by atomic mass is 32.2. The minimum Gasteiger partial charge on any atom is -0.297 e. The molecule has 5 nitrogen and oxygen atoms in total. The second-order valence-corrected chi connectivity index (χ2v) is 6.39. The second-order valence-electron chi connectivity index (χ2n) is 5.45. The summed E-state index contributed by atoms with van der Waals surface area (Å²) in [5, 5.41) is 9.16. The van der Waals surface area contributed by atoms with Crippen LogP contribution in [0.1, 0.15) is 15.9 Å². The number of hydrogen-bond donors (Lipinski definition) is 0. The van der Waals surface area contributed by atoms with Crippen molar-refractivity contribution in [3.8, 4) is 11.5 Å². The van der Waals surface area contributed by atoms with Crippen molar-refractivity contribution in [1.82, 2.24) is 19.7 Å². The molecular formula is C19H18N4OS. The third-order valence-electron chi connectivity index (χ3n) is 3.70. The highest BCUT2D eigenvalue weighted by Gasteiger charge is 2.16. The Morgan fingerprint density at radius 1 is 1.20 bits per heavy atom. The molecule has 3 rings (SSSR count). The molecule has 25 heavy (non-hydrogen) atoms. The third kappa shape index (κ3) is 3.85. The van der Waals surface area contributed by atoms with Gasteiger partial charge in [0, 0.05) is 18.3 Å². The van der Waals surface area contributed by atoms with Crippen LogP contribution in [0.3, 0.4) is 0 Å². The van der Waals surface area contributed by atoms with E-state index in [-0.39, 0.29) is 5.78 Å². The zero-order valence-electron chi connectivity index (χ0n) is 13.9. The number of rotatable bonds is 7. The van der Waals surface area contributed by atoms with Gasteiger partial charge < -0.3 is 0 Å². The molecule has 0 radical (unpaired) electrons.